The molecule has 1 atom stereocenters. The van der Waals surface area contributed by atoms with Crippen LogP contribution in [-0.4, -0.2) is 28.4 Å². The van der Waals surface area contributed by atoms with Crippen LogP contribution < -0.4 is 0 Å². The third-order valence-corrected chi connectivity index (χ3v) is 4.24. The molecule has 0 aliphatic heterocycles. The molecular weight excluding hydrogens is 236 g/mol. The van der Waals surface area contributed by atoms with Crippen LogP contribution in [0.25, 0.3) is 0 Å². The summed E-state index contributed by atoms with van der Waals surface area (Å²) in [6.45, 7) is 5.56. The number of carbonyl (C=O) groups is 3. The van der Waals surface area contributed by atoms with Crippen molar-refractivity contribution in [2.45, 2.75) is 45.3 Å². The van der Waals surface area contributed by atoms with Crippen molar-refractivity contribution in [3.8, 4) is 0 Å². The SMILES string of the molecule is CCSC(C)CC1CC(=O)C(C(C)=O)C(=O)C1. The quantitative estimate of drug-likeness (QED) is 0.708. The van der Waals surface area contributed by atoms with Gasteiger partial charge in [0.25, 0.3) is 0 Å². The molecule has 1 fully saturated rings. The fourth-order valence-corrected chi connectivity index (χ4v) is 3.48. The summed E-state index contributed by atoms with van der Waals surface area (Å²) in [5, 5.41) is 0.472. The molecule has 0 aromatic rings. The lowest BCUT2D eigenvalue weighted by atomic mass is 9.77. The highest BCUT2D eigenvalue weighted by Crippen LogP contribution is 2.30. The predicted octanol–water partition coefficient (Wildman–Crippen LogP) is 2.27. The molecule has 1 aliphatic rings. The van der Waals surface area contributed by atoms with Crippen LogP contribution in [0.5, 0.6) is 0 Å². The van der Waals surface area contributed by atoms with Gasteiger partial charge in [-0.1, -0.05) is 13.8 Å². The Hall–Kier alpha value is -0.640. The van der Waals surface area contributed by atoms with E-state index in [2.05, 4.69) is 13.8 Å². The van der Waals surface area contributed by atoms with Crippen LogP contribution in [0.15, 0.2) is 0 Å². The summed E-state index contributed by atoms with van der Waals surface area (Å²) in [4.78, 5) is 34.7. The van der Waals surface area contributed by atoms with Crippen LogP contribution in [0.3, 0.4) is 0 Å². The summed E-state index contributed by atoms with van der Waals surface area (Å²) in [7, 11) is 0. The molecule has 1 aliphatic carbocycles. The van der Waals surface area contributed by atoms with Crippen LogP contribution in [0.1, 0.15) is 40.0 Å². The third kappa shape index (κ3) is 3.95. The lowest BCUT2D eigenvalue weighted by molar-refractivity contribution is -0.142. The van der Waals surface area contributed by atoms with Gasteiger partial charge in [0.15, 0.2) is 11.6 Å². The van der Waals surface area contributed by atoms with Crippen molar-refractivity contribution in [3.63, 3.8) is 0 Å². The molecule has 1 rings (SSSR count). The van der Waals surface area contributed by atoms with E-state index >= 15 is 0 Å². The van der Waals surface area contributed by atoms with Gasteiger partial charge in [-0.15, -0.1) is 0 Å². The summed E-state index contributed by atoms with van der Waals surface area (Å²) >= 11 is 1.84. The van der Waals surface area contributed by atoms with E-state index in [-0.39, 0.29) is 23.3 Å². The van der Waals surface area contributed by atoms with E-state index in [0.29, 0.717) is 18.1 Å². The van der Waals surface area contributed by atoms with Crippen molar-refractivity contribution in [1.82, 2.24) is 0 Å². The topological polar surface area (TPSA) is 51.2 Å². The normalized spacial score (nSPS) is 27.0. The summed E-state index contributed by atoms with van der Waals surface area (Å²) < 4.78 is 0. The zero-order valence-corrected chi connectivity index (χ0v) is 11.5. The van der Waals surface area contributed by atoms with Gasteiger partial charge in [0, 0.05) is 18.1 Å². The fraction of sp³-hybridized carbons (Fsp3) is 0.769. The molecule has 0 bridgehead atoms. The minimum absolute atomic E-state index is 0.139. The molecule has 1 saturated carbocycles. The van der Waals surface area contributed by atoms with Crippen molar-refractivity contribution >= 4 is 29.1 Å². The Morgan fingerprint density at radius 3 is 2.29 bits per heavy atom. The van der Waals surface area contributed by atoms with Gasteiger partial charge in [0.2, 0.25) is 0 Å². The smallest absolute Gasteiger partial charge is 0.151 e. The number of hydrogen-bond acceptors (Lipinski definition) is 4. The van der Waals surface area contributed by atoms with E-state index in [1.165, 1.54) is 6.92 Å². The molecule has 0 aromatic carbocycles. The van der Waals surface area contributed by atoms with Gasteiger partial charge in [-0.25, -0.2) is 0 Å². The average Bonchev–Trinajstić information content (AvgIpc) is 2.15. The number of Topliss-reactive ketones (excluding diaryl/α,β-unsaturated/α-hetero) is 3. The molecule has 4 heteroatoms. The average molecular weight is 256 g/mol. The summed E-state index contributed by atoms with van der Waals surface area (Å²) in [6, 6.07) is 0. The van der Waals surface area contributed by atoms with Crippen molar-refractivity contribution in [1.29, 1.82) is 0 Å². The van der Waals surface area contributed by atoms with Crippen LogP contribution in [0, 0.1) is 11.8 Å². The molecule has 0 radical (unpaired) electrons. The second-order valence-electron chi connectivity index (χ2n) is 4.75. The standard InChI is InChI=1S/C13H20O3S/c1-4-17-8(2)5-10-6-11(15)13(9(3)14)12(16)7-10/h8,10,13H,4-7H2,1-3H3. The van der Waals surface area contributed by atoms with Gasteiger partial charge in [-0.2, -0.15) is 11.8 Å². The van der Waals surface area contributed by atoms with Gasteiger partial charge >= 0.3 is 0 Å². The van der Waals surface area contributed by atoms with Crippen molar-refractivity contribution in [2.24, 2.45) is 11.8 Å². The number of carbonyl (C=O) groups excluding carboxylic acids is 3. The summed E-state index contributed by atoms with van der Waals surface area (Å²) in [5.74, 6) is -0.416. The Labute approximate surface area is 107 Å². The minimum atomic E-state index is -0.958. The van der Waals surface area contributed by atoms with Crippen molar-refractivity contribution in [2.75, 3.05) is 5.75 Å². The predicted molar refractivity (Wildman–Crippen MR) is 69.1 cm³/mol. The van der Waals surface area contributed by atoms with Gasteiger partial charge in [0.1, 0.15) is 11.7 Å². The molecule has 0 spiro atoms. The molecule has 0 saturated heterocycles. The van der Waals surface area contributed by atoms with Crippen LogP contribution in [0.4, 0.5) is 0 Å². The Morgan fingerprint density at radius 1 is 1.35 bits per heavy atom. The van der Waals surface area contributed by atoms with E-state index in [1.54, 1.807) is 0 Å². The Morgan fingerprint density at radius 2 is 1.88 bits per heavy atom. The van der Waals surface area contributed by atoms with Gasteiger partial charge in [-0.3, -0.25) is 14.4 Å². The molecule has 17 heavy (non-hydrogen) atoms. The maximum atomic E-state index is 11.7. The first kappa shape index (κ1) is 14.4. The fourth-order valence-electron chi connectivity index (χ4n) is 2.50. The molecular formula is C13H20O3S. The molecule has 96 valence electrons. The molecule has 0 heterocycles. The second-order valence-corrected chi connectivity index (χ2v) is 6.47. The van der Waals surface area contributed by atoms with E-state index in [0.717, 1.165) is 12.2 Å². The third-order valence-electron chi connectivity index (χ3n) is 3.15. The number of hydrogen-bond donors (Lipinski definition) is 0. The second kappa shape index (κ2) is 6.34. The van der Waals surface area contributed by atoms with Gasteiger partial charge in [0.05, 0.1) is 0 Å². The largest absolute Gasteiger partial charge is 0.299 e. The van der Waals surface area contributed by atoms with Crippen molar-refractivity contribution < 1.29 is 14.4 Å². The van der Waals surface area contributed by atoms with Gasteiger partial charge < -0.3 is 0 Å². The lowest BCUT2D eigenvalue weighted by Gasteiger charge is -2.26. The Balaban J connectivity index is 2.57. The molecule has 1 unspecified atom stereocenters. The van der Waals surface area contributed by atoms with Crippen LogP contribution >= 0.6 is 11.8 Å². The number of rotatable bonds is 5. The molecule has 3 nitrogen and oxygen atoms in total. The van der Waals surface area contributed by atoms with E-state index < -0.39 is 5.92 Å². The van der Waals surface area contributed by atoms with Crippen LogP contribution in [-0.2, 0) is 14.4 Å². The zero-order chi connectivity index (χ0) is 13.0. The first-order valence-corrected chi connectivity index (χ1v) is 7.18. The molecule has 0 N–H and O–H groups in total. The lowest BCUT2D eigenvalue weighted by Crippen LogP contribution is -2.38. The summed E-state index contributed by atoms with van der Waals surface area (Å²) in [5.41, 5.74) is 0. The van der Waals surface area contributed by atoms with E-state index in [9.17, 15) is 14.4 Å². The Kier molecular flexibility index (Phi) is 5.37. The maximum Gasteiger partial charge on any atom is 0.151 e. The Bertz CT molecular complexity index is 307. The van der Waals surface area contributed by atoms with E-state index in [4.69, 9.17) is 0 Å². The van der Waals surface area contributed by atoms with Crippen molar-refractivity contribution in [3.05, 3.63) is 0 Å². The van der Waals surface area contributed by atoms with Gasteiger partial charge in [-0.05, 0) is 25.0 Å². The van der Waals surface area contributed by atoms with Crippen LogP contribution in [0.2, 0.25) is 0 Å². The van der Waals surface area contributed by atoms with E-state index in [1.807, 2.05) is 11.8 Å². The molecule has 0 amide bonds. The number of ketones is 3. The minimum Gasteiger partial charge on any atom is -0.299 e. The molecule has 0 aromatic heterocycles. The summed E-state index contributed by atoms with van der Waals surface area (Å²) in [6.07, 6.45) is 1.68. The monoisotopic (exact) mass is 256 g/mol. The first-order chi connectivity index (χ1) is 7.95. The highest BCUT2D eigenvalue weighted by Gasteiger charge is 2.38. The highest BCUT2D eigenvalue weighted by molar-refractivity contribution is 7.99. The zero-order valence-electron chi connectivity index (χ0n) is 10.7. The highest BCUT2D eigenvalue weighted by atomic mass is 32.2. The maximum absolute atomic E-state index is 11.7. The first-order valence-electron chi connectivity index (χ1n) is 6.13. The number of thioether (sulfide) groups is 1.